The van der Waals surface area contributed by atoms with Gasteiger partial charge in [-0.25, -0.2) is 9.97 Å². The molecule has 4 rings (SSSR count). The summed E-state index contributed by atoms with van der Waals surface area (Å²) < 4.78 is 5.91. The molecular formula is C26H28N4O. The summed E-state index contributed by atoms with van der Waals surface area (Å²) in [5.74, 6) is 9.73. The Morgan fingerprint density at radius 3 is 2.58 bits per heavy atom. The van der Waals surface area contributed by atoms with Crippen LogP contribution < -0.4 is 15.8 Å². The molecule has 0 amide bonds. The molecule has 2 aromatic carbocycles. The Labute approximate surface area is 184 Å². The van der Waals surface area contributed by atoms with Crippen molar-refractivity contribution in [2.24, 2.45) is 5.92 Å². The molecule has 5 heteroatoms. The van der Waals surface area contributed by atoms with E-state index in [0.717, 1.165) is 47.7 Å². The van der Waals surface area contributed by atoms with E-state index in [4.69, 9.17) is 10.5 Å². The average molecular weight is 413 g/mol. The van der Waals surface area contributed by atoms with Crippen LogP contribution >= 0.6 is 0 Å². The van der Waals surface area contributed by atoms with Crippen molar-refractivity contribution in [2.75, 3.05) is 11.1 Å². The minimum absolute atomic E-state index is 0.367. The van der Waals surface area contributed by atoms with Gasteiger partial charge in [0.25, 0.3) is 0 Å². The number of aromatic nitrogens is 2. The molecule has 1 aliphatic carbocycles. The van der Waals surface area contributed by atoms with Crippen molar-refractivity contribution in [2.45, 2.75) is 45.1 Å². The van der Waals surface area contributed by atoms with Crippen LogP contribution in [0.1, 0.15) is 39.0 Å². The second-order valence-electron chi connectivity index (χ2n) is 7.93. The van der Waals surface area contributed by atoms with Crippen LogP contribution in [0, 0.1) is 17.8 Å². The van der Waals surface area contributed by atoms with E-state index in [1.54, 1.807) is 0 Å². The SMILES string of the molecule is CC#CC[C@@H]1CCC[C@@H](Nc2ncnc(N)c2-c2ccc(Oc3ccccc3)cc2)C1. The number of para-hydroxylation sites is 1. The third kappa shape index (κ3) is 5.35. The first-order valence-electron chi connectivity index (χ1n) is 10.8. The number of ether oxygens (including phenoxy) is 1. The molecule has 0 bridgehead atoms. The monoisotopic (exact) mass is 412 g/mol. The van der Waals surface area contributed by atoms with Crippen LogP contribution in [0.5, 0.6) is 11.5 Å². The smallest absolute Gasteiger partial charge is 0.139 e. The van der Waals surface area contributed by atoms with E-state index in [0.29, 0.717) is 17.8 Å². The van der Waals surface area contributed by atoms with Gasteiger partial charge in [0, 0.05) is 12.5 Å². The highest BCUT2D eigenvalue weighted by Gasteiger charge is 2.23. The van der Waals surface area contributed by atoms with Gasteiger partial charge in [-0.05, 0) is 61.9 Å². The Balaban J connectivity index is 1.51. The lowest BCUT2D eigenvalue weighted by Gasteiger charge is -2.29. The fourth-order valence-corrected chi connectivity index (χ4v) is 4.15. The van der Waals surface area contributed by atoms with Gasteiger partial charge in [0.2, 0.25) is 0 Å². The Morgan fingerprint density at radius 2 is 1.81 bits per heavy atom. The molecule has 0 aliphatic heterocycles. The molecule has 3 aromatic rings. The van der Waals surface area contributed by atoms with Crippen LogP contribution in [0.2, 0.25) is 0 Å². The van der Waals surface area contributed by atoms with Crippen molar-refractivity contribution in [3.8, 4) is 34.5 Å². The van der Waals surface area contributed by atoms with E-state index < -0.39 is 0 Å². The van der Waals surface area contributed by atoms with Crippen LogP contribution in [0.3, 0.4) is 0 Å². The summed E-state index contributed by atoms with van der Waals surface area (Å²) in [6.45, 7) is 1.91. The van der Waals surface area contributed by atoms with Gasteiger partial charge < -0.3 is 15.8 Å². The van der Waals surface area contributed by atoms with Crippen molar-refractivity contribution in [1.82, 2.24) is 9.97 Å². The molecule has 1 saturated carbocycles. The molecule has 1 aliphatic rings. The first-order chi connectivity index (χ1) is 15.2. The molecule has 2 atom stereocenters. The summed E-state index contributed by atoms with van der Waals surface area (Å²) in [6.07, 6.45) is 7.17. The van der Waals surface area contributed by atoms with E-state index in [1.807, 2.05) is 61.5 Å². The minimum atomic E-state index is 0.367. The van der Waals surface area contributed by atoms with Crippen molar-refractivity contribution in [3.05, 3.63) is 60.9 Å². The number of anilines is 2. The lowest BCUT2D eigenvalue weighted by Crippen LogP contribution is -2.28. The second-order valence-corrected chi connectivity index (χ2v) is 7.93. The molecule has 3 N–H and O–H groups in total. The van der Waals surface area contributed by atoms with Gasteiger partial charge in [-0.1, -0.05) is 36.8 Å². The maximum absolute atomic E-state index is 6.27. The number of hydrogen-bond donors (Lipinski definition) is 2. The van der Waals surface area contributed by atoms with E-state index >= 15 is 0 Å². The van der Waals surface area contributed by atoms with Gasteiger partial charge in [-0.3, -0.25) is 0 Å². The van der Waals surface area contributed by atoms with Gasteiger partial charge in [-0.15, -0.1) is 11.8 Å². The highest BCUT2D eigenvalue weighted by molar-refractivity contribution is 5.83. The molecule has 0 radical (unpaired) electrons. The maximum atomic E-state index is 6.27. The zero-order valence-corrected chi connectivity index (χ0v) is 17.8. The largest absolute Gasteiger partial charge is 0.457 e. The third-order valence-electron chi connectivity index (χ3n) is 5.69. The van der Waals surface area contributed by atoms with Crippen LogP contribution in [0.15, 0.2) is 60.9 Å². The van der Waals surface area contributed by atoms with E-state index in [1.165, 1.54) is 19.2 Å². The van der Waals surface area contributed by atoms with Crippen LogP contribution in [0.25, 0.3) is 11.1 Å². The van der Waals surface area contributed by atoms with Crippen molar-refractivity contribution in [1.29, 1.82) is 0 Å². The zero-order chi connectivity index (χ0) is 21.5. The number of nitrogens with zero attached hydrogens (tertiary/aromatic N) is 2. The zero-order valence-electron chi connectivity index (χ0n) is 17.8. The molecule has 1 fully saturated rings. The van der Waals surface area contributed by atoms with Gasteiger partial charge in [0.05, 0.1) is 5.56 Å². The number of hydrogen-bond acceptors (Lipinski definition) is 5. The number of rotatable bonds is 6. The quantitative estimate of drug-likeness (QED) is 0.493. The highest BCUT2D eigenvalue weighted by atomic mass is 16.5. The van der Waals surface area contributed by atoms with Crippen LogP contribution in [-0.2, 0) is 0 Å². The average Bonchev–Trinajstić information content (AvgIpc) is 2.80. The molecule has 158 valence electrons. The summed E-state index contributed by atoms with van der Waals surface area (Å²) >= 11 is 0. The summed E-state index contributed by atoms with van der Waals surface area (Å²) in [5.41, 5.74) is 8.07. The van der Waals surface area contributed by atoms with E-state index in [-0.39, 0.29) is 0 Å². The van der Waals surface area contributed by atoms with Crippen molar-refractivity contribution >= 4 is 11.6 Å². The van der Waals surface area contributed by atoms with Crippen LogP contribution in [0.4, 0.5) is 11.6 Å². The minimum Gasteiger partial charge on any atom is -0.457 e. The van der Waals surface area contributed by atoms with Crippen molar-refractivity contribution in [3.63, 3.8) is 0 Å². The predicted molar refractivity (Wildman–Crippen MR) is 126 cm³/mol. The summed E-state index contributed by atoms with van der Waals surface area (Å²) in [7, 11) is 0. The Hall–Kier alpha value is -3.52. The fraction of sp³-hybridized carbons (Fsp3) is 0.308. The topological polar surface area (TPSA) is 73.1 Å². The first-order valence-corrected chi connectivity index (χ1v) is 10.8. The Kier molecular flexibility index (Phi) is 6.68. The summed E-state index contributed by atoms with van der Waals surface area (Å²) in [5, 5.41) is 3.64. The standard InChI is InChI=1S/C26H28N4O/c1-2-3-8-19-9-7-10-21(17-19)30-26-24(25(27)28-18-29-26)20-13-15-23(16-14-20)31-22-11-5-4-6-12-22/h4-6,11-16,18-19,21H,7-10,17H2,1H3,(H3,27,28,29,30)/t19-,21-/m1/s1. The second kappa shape index (κ2) is 9.99. The van der Waals surface area contributed by atoms with Gasteiger partial charge >= 0.3 is 0 Å². The first kappa shape index (κ1) is 20.7. The number of nitrogens with two attached hydrogens (primary N) is 1. The Morgan fingerprint density at radius 1 is 1.03 bits per heavy atom. The van der Waals surface area contributed by atoms with Gasteiger partial charge in [-0.2, -0.15) is 0 Å². The molecule has 31 heavy (non-hydrogen) atoms. The van der Waals surface area contributed by atoms with Gasteiger partial charge in [0.1, 0.15) is 29.5 Å². The molecule has 0 spiro atoms. The number of nitrogens with one attached hydrogen (secondary N) is 1. The van der Waals surface area contributed by atoms with Crippen molar-refractivity contribution < 1.29 is 4.74 Å². The summed E-state index contributed by atoms with van der Waals surface area (Å²) in [4.78, 5) is 8.76. The highest BCUT2D eigenvalue weighted by Crippen LogP contribution is 2.35. The molecular weight excluding hydrogens is 384 g/mol. The molecule has 0 unspecified atom stereocenters. The molecule has 5 nitrogen and oxygen atoms in total. The number of nitrogen functional groups attached to an aromatic ring is 1. The van der Waals surface area contributed by atoms with Gasteiger partial charge in [0.15, 0.2) is 0 Å². The van der Waals surface area contributed by atoms with E-state index in [9.17, 15) is 0 Å². The molecule has 0 saturated heterocycles. The summed E-state index contributed by atoms with van der Waals surface area (Å²) in [6, 6.07) is 18.0. The normalized spacial score (nSPS) is 18.0. The van der Waals surface area contributed by atoms with E-state index in [2.05, 4.69) is 27.1 Å². The molecule has 1 heterocycles. The fourth-order valence-electron chi connectivity index (χ4n) is 4.15. The number of benzene rings is 2. The molecule has 1 aromatic heterocycles. The predicted octanol–water partition coefficient (Wildman–Crippen LogP) is 5.90. The Bertz CT molecular complexity index is 1050. The maximum Gasteiger partial charge on any atom is 0.139 e. The lowest BCUT2D eigenvalue weighted by atomic mass is 9.84. The van der Waals surface area contributed by atoms with Crippen LogP contribution in [-0.4, -0.2) is 16.0 Å². The lowest BCUT2D eigenvalue weighted by molar-refractivity contribution is 0.340. The third-order valence-corrected chi connectivity index (χ3v) is 5.69.